The van der Waals surface area contributed by atoms with Gasteiger partial charge in [-0.2, -0.15) is 0 Å². The summed E-state index contributed by atoms with van der Waals surface area (Å²) in [7, 11) is 0. The highest BCUT2D eigenvalue weighted by Crippen LogP contribution is 2.52. The second-order valence-corrected chi connectivity index (χ2v) is 8.48. The smallest absolute Gasteiger partial charge is 0.0807 e. The molecular weight excluding hydrogens is 338 g/mol. The van der Waals surface area contributed by atoms with Crippen LogP contribution >= 0.6 is 12.2 Å². The van der Waals surface area contributed by atoms with Crippen LogP contribution in [0.3, 0.4) is 0 Å². The summed E-state index contributed by atoms with van der Waals surface area (Å²) in [4.78, 5) is 8.23. The van der Waals surface area contributed by atoms with Gasteiger partial charge < -0.3 is 5.32 Å². The van der Waals surface area contributed by atoms with Crippen LogP contribution in [0.5, 0.6) is 0 Å². The van der Waals surface area contributed by atoms with Gasteiger partial charge in [0.2, 0.25) is 0 Å². The highest BCUT2D eigenvalue weighted by molar-refractivity contribution is 7.81. The van der Waals surface area contributed by atoms with Crippen LogP contribution in [0.15, 0.2) is 48.8 Å². The van der Waals surface area contributed by atoms with Crippen molar-refractivity contribution in [2.45, 2.75) is 37.3 Å². The van der Waals surface area contributed by atoms with E-state index in [1.54, 1.807) is 0 Å². The Bertz CT molecular complexity index is 828. The van der Waals surface area contributed by atoms with E-state index in [-0.39, 0.29) is 5.54 Å². The Morgan fingerprint density at radius 2 is 2.08 bits per heavy atom. The third-order valence-corrected chi connectivity index (χ3v) is 7.38. The molecule has 4 aliphatic rings. The van der Waals surface area contributed by atoms with E-state index in [4.69, 9.17) is 12.2 Å². The number of aryl methyl sites for hydroxylation is 1. The van der Waals surface area contributed by atoms with Gasteiger partial charge in [0.05, 0.1) is 5.54 Å². The number of rotatable bonds is 3. The van der Waals surface area contributed by atoms with Gasteiger partial charge in [-0.15, -0.1) is 0 Å². The average molecular weight is 364 g/mol. The van der Waals surface area contributed by atoms with E-state index in [1.165, 1.54) is 29.5 Å². The molecule has 1 aromatic carbocycles. The molecule has 1 N–H and O–H groups in total. The first kappa shape index (κ1) is 16.5. The van der Waals surface area contributed by atoms with E-state index < -0.39 is 0 Å². The van der Waals surface area contributed by atoms with Crippen LogP contribution in [0, 0.1) is 12.8 Å². The maximum Gasteiger partial charge on any atom is 0.0807 e. The molecule has 26 heavy (non-hydrogen) atoms. The van der Waals surface area contributed by atoms with Crippen LogP contribution in [-0.4, -0.2) is 46.0 Å². The Kier molecular flexibility index (Phi) is 3.96. The monoisotopic (exact) mass is 363 g/mol. The number of hydrogen-bond acceptors (Lipinski definition) is 4. The fraction of sp³-hybridized carbons (Fsp3) is 0.455. The summed E-state index contributed by atoms with van der Waals surface area (Å²) >= 11 is 6.27. The molecule has 5 heterocycles. The van der Waals surface area contributed by atoms with Crippen molar-refractivity contribution in [1.82, 2.24) is 15.2 Å². The average Bonchev–Trinajstić information content (AvgIpc) is 3.12. The lowest BCUT2D eigenvalue weighted by molar-refractivity contribution is -0.00444. The molecule has 4 fully saturated rings. The van der Waals surface area contributed by atoms with E-state index in [0.29, 0.717) is 12.0 Å². The molecule has 2 aromatic rings. The first-order valence-corrected chi connectivity index (χ1v) is 10.1. The fourth-order valence-corrected chi connectivity index (χ4v) is 6.26. The molecule has 4 aliphatic heterocycles. The minimum absolute atomic E-state index is 0.104. The number of thiocarbonyl (C=S) groups is 1. The van der Waals surface area contributed by atoms with Crippen molar-refractivity contribution in [3.63, 3.8) is 0 Å². The summed E-state index contributed by atoms with van der Waals surface area (Å²) in [5.74, 6) is 1.08. The highest BCUT2D eigenvalue weighted by Gasteiger charge is 2.63. The first-order valence-electron chi connectivity index (χ1n) is 9.71. The standard InChI is InChI=1S/C22H25N3S/c1-15-4-2-5-17(12-15)21(26)22-19(18-6-3-9-23-13-18)14-24-20(22)16-7-10-25(22)11-8-16/h2-6,9,12-13,16,19-20,24H,7-8,10-11,14H2,1H3. The van der Waals surface area contributed by atoms with Crippen molar-refractivity contribution >= 4 is 17.1 Å². The number of fused-ring (bicyclic) bond motifs is 2. The summed E-state index contributed by atoms with van der Waals surface area (Å²) in [5.41, 5.74) is 3.70. The third-order valence-electron chi connectivity index (χ3n) is 6.81. The van der Waals surface area contributed by atoms with E-state index in [2.05, 4.69) is 58.5 Å². The molecule has 0 spiro atoms. The van der Waals surface area contributed by atoms with Gasteiger partial charge in [0.15, 0.2) is 0 Å². The van der Waals surface area contributed by atoms with Crippen LogP contribution in [0.1, 0.15) is 35.4 Å². The summed E-state index contributed by atoms with van der Waals surface area (Å²) in [5, 5.41) is 3.89. The lowest BCUT2D eigenvalue weighted by atomic mass is 9.63. The predicted octanol–water partition coefficient (Wildman–Crippen LogP) is 3.33. The number of hydrogen-bond donors (Lipinski definition) is 1. The maximum absolute atomic E-state index is 6.27. The van der Waals surface area contributed by atoms with Crippen molar-refractivity contribution in [3.05, 3.63) is 65.5 Å². The van der Waals surface area contributed by atoms with Crippen molar-refractivity contribution in [3.8, 4) is 0 Å². The molecule has 0 radical (unpaired) electrons. The predicted molar refractivity (Wildman–Crippen MR) is 109 cm³/mol. The van der Waals surface area contributed by atoms with Gasteiger partial charge in [0.1, 0.15) is 0 Å². The molecule has 3 atom stereocenters. The number of nitrogens with one attached hydrogen (secondary N) is 1. The van der Waals surface area contributed by atoms with E-state index in [0.717, 1.165) is 30.4 Å². The molecule has 0 saturated carbocycles. The Balaban J connectivity index is 1.67. The maximum atomic E-state index is 6.27. The molecule has 4 heteroatoms. The topological polar surface area (TPSA) is 28.2 Å². The Morgan fingerprint density at radius 3 is 2.81 bits per heavy atom. The molecule has 4 saturated heterocycles. The molecule has 134 valence electrons. The van der Waals surface area contributed by atoms with Crippen LogP contribution in [0.2, 0.25) is 0 Å². The molecule has 2 bridgehead atoms. The zero-order chi connectivity index (χ0) is 17.7. The SMILES string of the molecule is Cc1cccc(C(=S)C23C(c4cccnc4)CNC2C2CCN3CC2)c1. The van der Waals surface area contributed by atoms with Crippen molar-refractivity contribution < 1.29 is 0 Å². The molecule has 3 nitrogen and oxygen atoms in total. The number of piperidine rings is 3. The summed E-state index contributed by atoms with van der Waals surface area (Å²) < 4.78 is 0. The van der Waals surface area contributed by atoms with Gasteiger partial charge >= 0.3 is 0 Å². The molecule has 6 rings (SSSR count). The molecule has 1 aromatic heterocycles. The third kappa shape index (κ3) is 2.25. The lowest BCUT2D eigenvalue weighted by Gasteiger charge is -2.58. The molecule has 3 unspecified atom stereocenters. The highest BCUT2D eigenvalue weighted by atomic mass is 32.1. The lowest BCUT2D eigenvalue weighted by Crippen LogP contribution is -2.72. The molecule has 0 aliphatic carbocycles. The van der Waals surface area contributed by atoms with Gasteiger partial charge in [0, 0.05) is 35.8 Å². The number of aromatic nitrogens is 1. The van der Waals surface area contributed by atoms with Gasteiger partial charge in [-0.3, -0.25) is 9.88 Å². The second kappa shape index (κ2) is 6.22. The molecular formula is C22H25N3S. The molecule has 0 amide bonds. The minimum atomic E-state index is -0.104. The summed E-state index contributed by atoms with van der Waals surface area (Å²) in [6, 6.07) is 13.5. The Morgan fingerprint density at radius 1 is 1.23 bits per heavy atom. The van der Waals surface area contributed by atoms with E-state index in [9.17, 15) is 0 Å². The van der Waals surface area contributed by atoms with Crippen LogP contribution in [-0.2, 0) is 0 Å². The first-order chi connectivity index (χ1) is 12.7. The van der Waals surface area contributed by atoms with Gasteiger partial charge in [-0.25, -0.2) is 0 Å². The van der Waals surface area contributed by atoms with Crippen molar-refractivity contribution in [1.29, 1.82) is 0 Å². The van der Waals surface area contributed by atoms with E-state index >= 15 is 0 Å². The summed E-state index contributed by atoms with van der Waals surface area (Å²) in [6.45, 7) is 5.45. The minimum Gasteiger partial charge on any atom is -0.311 e. The summed E-state index contributed by atoms with van der Waals surface area (Å²) in [6.07, 6.45) is 6.48. The van der Waals surface area contributed by atoms with Crippen molar-refractivity contribution in [2.75, 3.05) is 19.6 Å². The van der Waals surface area contributed by atoms with Gasteiger partial charge in [0.25, 0.3) is 0 Å². The normalized spacial score (nSPS) is 35.3. The Hall–Kier alpha value is -1.62. The van der Waals surface area contributed by atoms with E-state index in [1.807, 2.05) is 12.4 Å². The number of benzene rings is 1. The van der Waals surface area contributed by atoms with Crippen LogP contribution in [0.4, 0.5) is 0 Å². The van der Waals surface area contributed by atoms with Crippen molar-refractivity contribution in [2.24, 2.45) is 5.92 Å². The largest absolute Gasteiger partial charge is 0.311 e. The zero-order valence-corrected chi connectivity index (χ0v) is 16.0. The number of pyridine rings is 1. The fourth-order valence-electron chi connectivity index (χ4n) is 5.73. The van der Waals surface area contributed by atoms with Crippen LogP contribution < -0.4 is 5.32 Å². The Labute approximate surface area is 160 Å². The van der Waals surface area contributed by atoms with Gasteiger partial charge in [-0.1, -0.05) is 48.1 Å². The van der Waals surface area contributed by atoms with Gasteiger partial charge in [-0.05, 0) is 56.0 Å². The quantitative estimate of drug-likeness (QED) is 0.669. The zero-order valence-electron chi connectivity index (χ0n) is 15.2. The number of nitrogens with zero attached hydrogens (tertiary/aromatic N) is 2. The van der Waals surface area contributed by atoms with Crippen LogP contribution in [0.25, 0.3) is 0 Å². The second-order valence-electron chi connectivity index (χ2n) is 8.07.